The van der Waals surface area contributed by atoms with Crippen molar-refractivity contribution >= 4 is 18.3 Å². The summed E-state index contributed by atoms with van der Waals surface area (Å²) in [5.74, 6) is 0. The third-order valence-electron chi connectivity index (χ3n) is 3.53. The number of hydrogen-bond acceptors (Lipinski definition) is 4. The van der Waals surface area contributed by atoms with Crippen LogP contribution in [0.2, 0.25) is 0 Å². The molecule has 1 aliphatic heterocycles. The molecular weight excluding hydrogens is 286 g/mol. The number of nitriles is 1. The van der Waals surface area contributed by atoms with E-state index in [1.807, 2.05) is 0 Å². The minimum Gasteiger partial charge on any atom is -0.449 e. The standard InChI is InChI=1S/C15H19N3O2S/c1-2-3-7-20-15(19)18-6-4-5-13-12(10-18)8-11(9-16)14(21)17-13/h8H,2-7,10H2,1H3,(H,17,21). The van der Waals surface area contributed by atoms with Gasteiger partial charge in [-0.1, -0.05) is 25.6 Å². The summed E-state index contributed by atoms with van der Waals surface area (Å²) in [6.45, 7) is 3.63. The van der Waals surface area contributed by atoms with Gasteiger partial charge in [0.05, 0.1) is 18.7 Å². The van der Waals surface area contributed by atoms with Crippen molar-refractivity contribution in [3.8, 4) is 6.07 Å². The number of fused-ring (bicyclic) bond motifs is 1. The predicted octanol–water partition coefficient (Wildman–Crippen LogP) is 3.30. The lowest BCUT2D eigenvalue weighted by Crippen LogP contribution is -2.31. The number of nitrogens with zero attached hydrogens (tertiary/aromatic N) is 2. The molecule has 1 amide bonds. The number of amides is 1. The Kier molecular flexibility index (Phi) is 5.34. The van der Waals surface area contributed by atoms with E-state index in [9.17, 15) is 4.79 Å². The maximum Gasteiger partial charge on any atom is 0.410 e. The zero-order valence-electron chi connectivity index (χ0n) is 12.1. The van der Waals surface area contributed by atoms with Gasteiger partial charge in [-0.15, -0.1) is 0 Å². The first kappa shape index (κ1) is 15.5. The maximum absolute atomic E-state index is 12.1. The van der Waals surface area contributed by atoms with Gasteiger partial charge in [-0.3, -0.25) is 0 Å². The normalized spacial score (nSPS) is 14.0. The van der Waals surface area contributed by atoms with Gasteiger partial charge in [0.1, 0.15) is 10.7 Å². The Labute approximate surface area is 129 Å². The molecule has 1 N–H and O–H groups in total. The number of aryl methyl sites for hydroxylation is 1. The fraction of sp³-hybridized carbons (Fsp3) is 0.533. The van der Waals surface area contributed by atoms with Crippen LogP contribution in [0.25, 0.3) is 0 Å². The number of pyridine rings is 1. The highest BCUT2D eigenvalue weighted by molar-refractivity contribution is 7.71. The van der Waals surface area contributed by atoms with E-state index in [0.717, 1.165) is 36.9 Å². The molecule has 0 bridgehead atoms. The molecule has 112 valence electrons. The van der Waals surface area contributed by atoms with Crippen molar-refractivity contribution in [3.63, 3.8) is 0 Å². The summed E-state index contributed by atoms with van der Waals surface area (Å²) >= 11 is 5.15. The third-order valence-corrected chi connectivity index (χ3v) is 3.86. The number of nitrogens with one attached hydrogen (secondary N) is 1. The van der Waals surface area contributed by atoms with Gasteiger partial charge in [-0.05, 0) is 30.9 Å². The Hall–Kier alpha value is -1.87. The Bertz CT molecular complexity index is 618. The van der Waals surface area contributed by atoms with Crippen LogP contribution in [0.1, 0.15) is 43.0 Å². The maximum atomic E-state index is 12.1. The number of aromatic amines is 1. The molecule has 6 heteroatoms. The van der Waals surface area contributed by atoms with Crippen molar-refractivity contribution in [1.82, 2.24) is 9.88 Å². The molecule has 2 rings (SSSR count). The second-order valence-electron chi connectivity index (χ2n) is 5.12. The predicted molar refractivity (Wildman–Crippen MR) is 81.3 cm³/mol. The molecule has 1 aromatic heterocycles. The molecule has 0 spiro atoms. The largest absolute Gasteiger partial charge is 0.449 e. The summed E-state index contributed by atoms with van der Waals surface area (Å²) in [5.41, 5.74) is 2.41. The van der Waals surface area contributed by atoms with Crippen molar-refractivity contribution in [2.75, 3.05) is 13.2 Å². The van der Waals surface area contributed by atoms with Crippen LogP contribution < -0.4 is 0 Å². The first-order chi connectivity index (χ1) is 10.2. The smallest absolute Gasteiger partial charge is 0.410 e. The second kappa shape index (κ2) is 7.23. The first-order valence-electron chi connectivity index (χ1n) is 7.22. The van der Waals surface area contributed by atoms with Crippen LogP contribution in [0.3, 0.4) is 0 Å². The number of rotatable bonds is 3. The van der Waals surface area contributed by atoms with Crippen molar-refractivity contribution < 1.29 is 9.53 Å². The average molecular weight is 305 g/mol. The van der Waals surface area contributed by atoms with Gasteiger partial charge in [0.15, 0.2) is 0 Å². The number of unbranched alkanes of at least 4 members (excludes halogenated alkanes) is 1. The minimum absolute atomic E-state index is 0.280. The zero-order chi connectivity index (χ0) is 15.2. The molecule has 0 saturated carbocycles. The topological polar surface area (TPSA) is 69.1 Å². The summed E-state index contributed by atoms with van der Waals surface area (Å²) in [6.07, 6.45) is 3.27. The molecule has 2 heterocycles. The number of carbonyl (C=O) groups excluding carboxylic acids is 1. The van der Waals surface area contributed by atoms with Gasteiger partial charge in [0.2, 0.25) is 0 Å². The fourth-order valence-electron chi connectivity index (χ4n) is 2.34. The van der Waals surface area contributed by atoms with Crippen LogP contribution in [0.4, 0.5) is 4.79 Å². The lowest BCUT2D eigenvalue weighted by atomic mass is 10.1. The van der Waals surface area contributed by atoms with Crippen molar-refractivity contribution in [2.45, 2.75) is 39.2 Å². The van der Waals surface area contributed by atoms with Crippen molar-refractivity contribution in [3.05, 3.63) is 27.5 Å². The summed E-state index contributed by atoms with van der Waals surface area (Å²) in [7, 11) is 0. The van der Waals surface area contributed by atoms with E-state index >= 15 is 0 Å². The molecule has 5 nitrogen and oxygen atoms in total. The lowest BCUT2D eigenvalue weighted by Gasteiger charge is -2.20. The van der Waals surface area contributed by atoms with Crippen molar-refractivity contribution in [2.24, 2.45) is 0 Å². The number of ether oxygens (including phenoxy) is 1. The van der Waals surface area contributed by atoms with Crippen LogP contribution in [-0.2, 0) is 17.7 Å². The van der Waals surface area contributed by atoms with Crippen molar-refractivity contribution in [1.29, 1.82) is 5.26 Å². The summed E-state index contributed by atoms with van der Waals surface area (Å²) in [6, 6.07) is 3.87. The molecule has 0 saturated heterocycles. The van der Waals surface area contributed by atoms with Gasteiger partial charge in [0, 0.05) is 12.2 Å². The van der Waals surface area contributed by atoms with Crippen LogP contribution in [-0.4, -0.2) is 29.1 Å². The summed E-state index contributed by atoms with van der Waals surface area (Å²) in [5, 5.41) is 9.07. The van der Waals surface area contributed by atoms with E-state index in [-0.39, 0.29) is 6.09 Å². The third kappa shape index (κ3) is 3.82. The van der Waals surface area contributed by atoms with Gasteiger partial charge in [-0.2, -0.15) is 5.26 Å². The molecule has 0 atom stereocenters. The molecule has 0 fully saturated rings. The van der Waals surface area contributed by atoms with E-state index in [4.69, 9.17) is 22.2 Å². The first-order valence-corrected chi connectivity index (χ1v) is 7.63. The molecule has 0 aromatic carbocycles. The SMILES string of the molecule is CCCCOC(=O)N1CCCc2[nH]c(=S)c(C#N)cc2C1. The summed E-state index contributed by atoms with van der Waals surface area (Å²) < 4.78 is 5.73. The Balaban J connectivity index is 2.15. The zero-order valence-corrected chi connectivity index (χ0v) is 13.0. The number of carbonyl (C=O) groups is 1. The molecule has 1 aromatic rings. The molecular formula is C15H19N3O2S. The highest BCUT2D eigenvalue weighted by Crippen LogP contribution is 2.19. The molecule has 1 aliphatic rings. The van der Waals surface area contributed by atoms with Gasteiger partial charge in [-0.25, -0.2) is 4.79 Å². The lowest BCUT2D eigenvalue weighted by molar-refractivity contribution is 0.0990. The van der Waals surface area contributed by atoms with Gasteiger partial charge >= 0.3 is 6.09 Å². The number of H-pyrrole nitrogens is 1. The molecule has 21 heavy (non-hydrogen) atoms. The minimum atomic E-state index is -0.280. The Morgan fingerprint density at radius 3 is 3.14 bits per heavy atom. The molecule has 0 unspecified atom stereocenters. The monoisotopic (exact) mass is 305 g/mol. The quantitative estimate of drug-likeness (QED) is 0.687. The molecule has 0 radical (unpaired) electrons. The Morgan fingerprint density at radius 2 is 2.43 bits per heavy atom. The highest BCUT2D eigenvalue weighted by atomic mass is 32.1. The summed E-state index contributed by atoms with van der Waals surface area (Å²) in [4.78, 5) is 16.9. The highest BCUT2D eigenvalue weighted by Gasteiger charge is 2.21. The van der Waals surface area contributed by atoms with Gasteiger partial charge in [0.25, 0.3) is 0 Å². The average Bonchev–Trinajstić information content (AvgIpc) is 2.68. The number of aromatic nitrogens is 1. The van der Waals surface area contributed by atoms with E-state index in [0.29, 0.717) is 29.9 Å². The van der Waals surface area contributed by atoms with E-state index in [1.165, 1.54) is 0 Å². The van der Waals surface area contributed by atoms with Crippen LogP contribution in [0.5, 0.6) is 0 Å². The van der Waals surface area contributed by atoms with E-state index in [1.54, 1.807) is 11.0 Å². The Morgan fingerprint density at radius 1 is 1.62 bits per heavy atom. The number of hydrogen-bond donors (Lipinski definition) is 1. The fourth-order valence-corrected chi connectivity index (χ4v) is 2.57. The van der Waals surface area contributed by atoms with Crippen LogP contribution in [0.15, 0.2) is 6.07 Å². The van der Waals surface area contributed by atoms with Crippen LogP contribution >= 0.6 is 12.2 Å². The molecule has 0 aliphatic carbocycles. The van der Waals surface area contributed by atoms with E-state index in [2.05, 4.69) is 18.0 Å². The second-order valence-corrected chi connectivity index (χ2v) is 5.53. The van der Waals surface area contributed by atoms with E-state index < -0.39 is 0 Å². The van der Waals surface area contributed by atoms with Gasteiger partial charge < -0.3 is 14.6 Å². The van der Waals surface area contributed by atoms with Crippen LogP contribution in [0, 0.1) is 16.0 Å².